The van der Waals surface area contributed by atoms with Crippen molar-refractivity contribution >= 4 is 23.1 Å². The van der Waals surface area contributed by atoms with Crippen LogP contribution in [-0.2, 0) is 0 Å². The molecule has 1 aliphatic rings. The third-order valence-corrected chi connectivity index (χ3v) is 6.69. The summed E-state index contributed by atoms with van der Waals surface area (Å²) in [5.41, 5.74) is 2.76. The van der Waals surface area contributed by atoms with E-state index < -0.39 is 0 Å². The zero-order valence-corrected chi connectivity index (χ0v) is 18.8. The normalized spacial score (nSPS) is 14.1. The van der Waals surface area contributed by atoms with E-state index in [0.29, 0.717) is 26.2 Å². The Kier molecular flexibility index (Phi) is 5.40. The third-order valence-electron chi connectivity index (χ3n) is 5.50. The summed E-state index contributed by atoms with van der Waals surface area (Å²) in [6.07, 6.45) is 3.45. The average Bonchev–Trinajstić information content (AvgIpc) is 3.45. The molecule has 0 bridgehead atoms. The molecule has 8 nitrogen and oxygen atoms in total. The van der Waals surface area contributed by atoms with Gasteiger partial charge in [0, 0.05) is 44.0 Å². The number of amides is 1. The van der Waals surface area contributed by atoms with Crippen LogP contribution in [0.5, 0.6) is 0 Å². The fraction of sp³-hybridized carbons (Fsp3) is 0.261. The maximum atomic E-state index is 13.2. The van der Waals surface area contributed by atoms with Crippen LogP contribution >= 0.6 is 11.3 Å². The Hall–Kier alpha value is -3.59. The molecule has 0 atom stereocenters. The standard InChI is InChI=1S/C23H23N7OS/c1-16-8-9-30(27-16)20-14-19(24-15-25-20)28-10-12-29(13-11-28)23(31)21-17(2)26-22(32-21)18-6-4-3-5-7-18/h3-9,14-15H,10-13H2,1-2H3. The summed E-state index contributed by atoms with van der Waals surface area (Å²) in [7, 11) is 0. The highest BCUT2D eigenvalue weighted by Crippen LogP contribution is 2.29. The Morgan fingerprint density at radius 1 is 0.969 bits per heavy atom. The highest BCUT2D eigenvalue weighted by molar-refractivity contribution is 7.17. The zero-order valence-electron chi connectivity index (χ0n) is 18.0. The van der Waals surface area contributed by atoms with E-state index in [1.54, 1.807) is 11.0 Å². The number of piperazine rings is 1. The number of carbonyl (C=O) groups is 1. The first kappa shape index (κ1) is 20.3. The van der Waals surface area contributed by atoms with Crippen molar-refractivity contribution in [2.75, 3.05) is 31.1 Å². The smallest absolute Gasteiger partial charge is 0.265 e. The Bertz CT molecular complexity index is 1240. The lowest BCUT2D eigenvalue weighted by molar-refractivity contribution is 0.0750. The van der Waals surface area contributed by atoms with E-state index in [-0.39, 0.29) is 5.91 Å². The Labute approximate surface area is 190 Å². The summed E-state index contributed by atoms with van der Waals surface area (Å²) < 4.78 is 1.75. The van der Waals surface area contributed by atoms with Gasteiger partial charge in [0.2, 0.25) is 0 Å². The Morgan fingerprint density at radius 2 is 1.72 bits per heavy atom. The van der Waals surface area contributed by atoms with Gasteiger partial charge in [0.15, 0.2) is 5.82 Å². The maximum Gasteiger partial charge on any atom is 0.265 e. The van der Waals surface area contributed by atoms with Gasteiger partial charge in [-0.2, -0.15) is 5.10 Å². The second-order valence-corrected chi connectivity index (χ2v) is 8.71. The zero-order chi connectivity index (χ0) is 22.1. The van der Waals surface area contributed by atoms with Gasteiger partial charge >= 0.3 is 0 Å². The van der Waals surface area contributed by atoms with Gasteiger partial charge < -0.3 is 9.80 Å². The monoisotopic (exact) mass is 445 g/mol. The van der Waals surface area contributed by atoms with Gasteiger partial charge in [-0.15, -0.1) is 11.3 Å². The van der Waals surface area contributed by atoms with Crippen LogP contribution in [0.3, 0.4) is 0 Å². The summed E-state index contributed by atoms with van der Waals surface area (Å²) in [6.45, 7) is 6.55. The molecule has 1 amide bonds. The van der Waals surface area contributed by atoms with E-state index >= 15 is 0 Å². The fourth-order valence-corrected chi connectivity index (χ4v) is 4.80. The molecule has 1 aliphatic heterocycles. The van der Waals surface area contributed by atoms with Crippen LogP contribution in [0.1, 0.15) is 21.1 Å². The molecular weight excluding hydrogens is 422 g/mol. The number of aryl methyl sites for hydroxylation is 2. The van der Waals surface area contributed by atoms with Crippen molar-refractivity contribution in [3.63, 3.8) is 0 Å². The lowest BCUT2D eigenvalue weighted by Gasteiger charge is -2.35. The first-order chi connectivity index (χ1) is 15.6. The van der Waals surface area contributed by atoms with Gasteiger partial charge in [0.05, 0.1) is 11.4 Å². The molecule has 0 N–H and O–H groups in total. The number of aromatic nitrogens is 5. The molecule has 5 rings (SSSR count). The minimum absolute atomic E-state index is 0.0530. The number of anilines is 1. The molecule has 0 unspecified atom stereocenters. The van der Waals surface area contributed by atoms with Gasteiger partial charge in [0.25, 0.3) is 5.91 Å². The average molecular weight is 446 g/mol. The second kappa shape index (κ2) is 8.51. The Morgan fingerprint density at radius 3 is 2.44 bits per heavy atom. The Balaban J connectivity index is 1.27. The molecule has 162 valence electrons. The van der Waals surface area contributed by atoms with Crippen LogP contribution in [0, 0.1) is 13.8 Å². The highest BCUT2D eigenvalue weighted by Gasteiger charge is 2.26. The molecular formula is C23H23N7OS. The highest BCUT2D eigenvalue weighted by atomic mass is 32.1. The lowest BCUT2D eigenvalue weighted by atomic mass is 10.2. The molecule has 3 aromatic heterocycles. The van der Waals surface area contributed by atoms with Crippen molar-refractivity contribution < 1.29 is 4.79 Å². The van der Waals surface area contributed by atoms with Gasteiger partial charge in [-0.05, 0) is 19.9 Å². The van der Waals surface area contributed by atoms with Gasteiger partial charge in [0.1, 0.15) is 22.0 Å². The largest absolute Gasteiger partial charge is 0.353 e. The first-order valence-corrected chi connectivity index (χ1v) is 11.3. The number of nitrogens with zero attached hydrogens (tertiary/aromatic N) is 7. The molecule has 0 aliphatic carbocycles. The van der Waals surface area contributed by atoms with Crippen LogP contribution in [0.15, 0.2) is 55.0 Å². The second-order valence-electron chi connectivity index (χ2n) is 7.71. The summed E-state index contributed by atoms with van der Waals surface area (Å²) in [4.78, 5) is 31.4. The van der Waals surface area contributed by atoms with Crippen molar-refractivity contribution in [3.05, 3.63) is 71.3 Å². The molecule has 9 heteroatoms. The van der Waals surface area contributed by atoms with Crippen molar-refractivity contribution in [3.8, 4) is 16.4 Å². The number of carbonyl (C=O) groups excluding carboxylic acids is 1. The minimum Gasteiger partial charge on any atom is -0.353 e. The van der Waals surface area contributed by atoms with Crippen molar-refractivity contribution in [2.45, 2.75) is 13.8 Å². The van der Waals surface area contributed by atoms with E-state index in [9.17, 15) is 4.79 Å². The summed E-state index contributed by atoms with van der Waals surface area (Å²) in [6, 6.07) is 13.9. The summed E-state index contributed by atoms with van der Waals surface area (Å²) in [5.74, 6) is 1.63. The molecule has 1 fully saturated rings. The number of thiazole rings is 1. The number of benzene rings is 1. The van der Waals surface area contributed by atoms with Gasteiger partial charge in [-0.3, -0.25) is 4.79 Å². The minimum atomic E-state index is 0.0530. The van der Waals surface area contributed by atoms with E-state index in [1.165, 1.54) is 11.3 Å². The van der Waals surface area contributed by atoms with E-state index in [4.69, 9.17) is 0 Å². The van der Waals surface area contributed by atoms with Crippen LogP contribution < -0.4 is 4.90 Å². The molecule has 0 radical (unpaired) electrons. The lowest BCUT2D eigenvalue weighted by Crippen LogP contribution is -2.49. The van der Waals surface area contributed by atoms with E-state index in [2.05, 4.69) is 25.0 Å². The predicted molar refractivity (Wildman–Crippen MR) is 124 cm³/mol. The number of hydrogen-bond acceptors (Lipinski definition) is 7. The quantitative estimate of drug-likeness (QED) is 0.479. The first-order valence-electron chi connectivity index (χ1n) is 10.5. The summed E-state index contributed by atoms with van der Waals surface area (Å²) >= 11 is 1.47. The van der Waals surface area contributed by atoms with Crippen LogP contribution in [-0.4, -0.2) is 61.7 Å². The topological polar surface area (TPSA) is 80.0 Å². The maximum absolute atomic E-state index is 13.2. The molecule has 4 heterocycles. The predicted octanol–water partition coefficient (Wildman–Crippen LogP) is 3.37. The molecule has 1 aromatic carbocycles. The SMILES string of the molecule is Cc1ccn(-c2cc(N3CCN(C(=O)c4sc(-c5ccccc5)nc4C)CC3)ncn2)n1. The van der Waals surface area contributed by atoms with Crippen molar-refractivity contribution in [2.24, 2.45) is 0 Å². The number of rotatable bonds is 4. The van der Waals surface area contributed by atoms with Crippen LogP contribution in [0.2, 0.25) is 0 Å². The number of hydrogen-bond donors (Lipinski definition) is 0. The van der Waals surface area contributed by atoms with Crippen molar-refractivity contribution in [1.82, 2.24) is 29.6 Å². The molecule has 0 saturated carbocycles. The van der Waals surface area contributed by atoms with Crippen LogP contribution in [0.25, 0.3) is 16.4 Å². The summed E-state index contributed by atoms with van der Waals surface area (Å²) in [5, 5.41) is 5.30. The van der Waals surface area contributed by atoms with Crippen molar-refractivity contribution in [1.29, 1.82) is 0 Å². The van der Waals surface area contributed by atoms with E-state index in [1.807, 2.05) is 67.4 Å². The molecule has 4 aromatic rings. The van der Waals surface area contributed by atoms with Gasteiger partial charge in [-0.1, -0.05) is 30.3 Å². The fourth-order valence-electron chi connectivity index (χ4n) is 3.76. The molecule has 0 spiro atoms. The van der Waals surface area contributed by atoms with E-state index in [0.717, 1.165) is 38.5 Å². The van der Waals surface area contributed by atoms with Gasteiger partial charge in [-0.25, -0.2) is 19.6 Å². The molecule has 32 heavy (non-hydrogen) atoms. The van der Waals surface area contributed by atoms with Crippen LogP contribution in [0.4, 0.5) is 5.82 Å². The molecule has 1 saturated heterocycles. The third kappa shape index (κ3) is 3.99.